The highest BCUT2D eigenvalue weighted by Gasteiger charge is 2.41. The Bertz CT molecular complexity index is 373. The van der Waals surface area contributed by atoms with Gasteiger partial charge in [-0.1, -0.05) is 28.1 Å². The third-order valence-electron chi connectivity index (χ3n) is 2.44. The Balaban J connectivity index is 2.26. The van der Waals surface area contributed by atoms with Gasteiger partial charge < -0.3 is 15.2 Å². The lowest BCUT2D eigenvalue weighted by atomic mass is 9.88. The molecule has 1 heterocycles. The summed E-state index contributed by atoms with van der Waals surface area (Å²) in [6, 6.07) is 7.56. The van der Waals surface area contributed by atoms with E-state index in [4.69, 9.17) is 9.84 Å². The van der Waals surface area contributed by atoms with E-state index in [2.05, 4.69) is 21.2 Å². The van der Waals surface area contributed by atoms with Crippen molar-refractivity contribution in [2.24, 2.45) is 0 Å². The van der Waals surface area contributed by atoms with Gasteiger partial charge in [0.05, 0.1) is 13.2 Å². The van der Waals surface area contributed by atoms with Crippen LogP contribution in [0.4, 0.5) is 4.79 Å². The van der Waals surface area contributed by atoms with Crippen molar-refractivity contribution in [3.63, 3.8) is 0 Å². The number of hydrogen-bond acceptors (Lipinski definition) is 2. The lowest BCUT2D eigenvalue weighted by molar-refractivity contribution is -0.0743. The Morgan fingerprint density at radius 2 is 2.00 bits per heavy atom. The smallest absolute Gasteiger partial charge is 0.405 e. The molecule has 1 aliphatic rings. The average molecular weight is 272 g/mol. The molecule has 1 aliphatic heterocycles. The molecule has 15 heavy (non-hydrogen) atoms. The third-order valence-corrected chi connectivity index (χ3v) is 2.97. The van der Waals surface area contributed by atoms with Crippen LogP contribution in [0.3, 0.4) is 0 Å². The SMILES string of the molecule is O=C(O)NC1(c2ccc(Br)cc2)COC1. The van der Waals surface area contributed by atoms with Crippen molar-refractivity contribution in [3.8, 4) is 0 Å². The minimum absolute atomic E-state index is 0.390. The Morgan fingerprint density at radius 3 is 2.40 bits per heavy atom. The van der Waals surface area contributed by atoms with Crippen molar-refractivity contribution in [2.45, 2.75) is 5.54 Å². The van der Waals surface area contributed by atoms with Gasteiger partial charge in [0.1, 0.15) is 5.54 Å². The fourth-order valence-electron chi connectivity index (χ4n) is 1.59. The number of benzene rings is 1. The molecule has 0 radical (unpaired) electrons. The van der Waals surface area contributed by atoms with Crippen LogP contribution in [0.1, 0.15) is 5.56 Å². The standard InChI is InChI=1S/C10H10BrNO3/c11-8-3-1-7(2-4-8)10(5-15-6-10)12-9(13)14/h1-4,12H,5-6H2,(H,13,14). The maximum atomic E-state index is 10.7. The maximum absolute atomic E-state index is 10.7. The summed E-state index contributed by atoms with van der Waals surface area (Å²) in [6.45, 7) is 0.780. The summed E-state index contributed by atoms with van der Waals surface area (Å²) in [4.78, 5) is 10.7. The van der Waals surface area contributed by atoms with Gasteiger partial charge in [-0.3, -0.25) is 0 Å². The van der Waals surface area contributed by atoms with Gasteiger partial charge in [0.15, 0.2) is 0 Å². The minimum Gasteiger partial charge on any atom is -0.465 e. The fraction of sp³-hybridized carbons (Fsp3) is 0.300. The van der Waals surface area contributed by atoms with E-state index in [9.17, 15) is 4.79 Å². The zero-order valence-electron chi connectivity index (χ0n) is 7.87. The van der Waals surface area contributed by atoms with Gasteiger partial charge in [0.2, 0.25) is 0 Å². The van der Waals surface area contributed by atoms with Gasteiger partial charge in [-0.15, -0.1) is 0 Å². The van der Waals surface area contributed by atoms with Gasteiger partial charge >= 0.3 is 6.09 Å². The first kappa shape index (κ1) is 10.4. The molecule has 4 nitrogen and oxygen atoms in total. The molecule has 1 aromatic carbocycles. The van der Waals surface area contributed by atoms with Crippen molar-refractivity contribution in [1.29, 1.82) is 0 Å². The number of hydrogen-bond donors (Lipinski definition) is 2. The Labute approximate surface area is 95.4 Å². The normalized spacial score (nSPS) is 17.9. The molecule has 0 bridgehead atoms. The first-order valence-corrected chi connectivity index (χ1v) is 5.27. The third kappa shape index (κ3) is 1.98. The van der Waals surface area contributed by atoms with Gasteiger partial charge in [-0.25, -0.2) is 4.79 Å². The summed E-state index contributed by atoms with van der Waals surface area (Å²) in [7, 11) is 0. The monoisotopic (exact) mass is 271 g/mol. The largest absolute Gasteiger partial charge is 0.465 e. The van der Waals surface area contributed by atoms with Crippen LogP contribution >= 0.6 is 15.9 Å². The molecule has 0 unspecified atom stereocenters. The first-order valence-electron chi connectivity index (χ1n) is 4.47. The molecule has 0 aromatic heterocycles. The van der Waals surface area contributed by atoms with E-state index >= 15 is 0 Å². The lowest BCUT2D eigenvalue weighted by Crippen LogP contribution is -2.59. The number of ether oxygens (including phenoxy) is 1. The second-order valence-corrected chi connectivity index (χ2v) is 4.43. The number of rotatable bonds is 2. The molecule has 0 spiro atoms. The molecule has 1 amide bonds. The zero-order valence-corrected chi connectivity index (χ0v) is 9.45. The molecule has 1 saturated heterocycles. The van der Waals surface area contributed by atoms with Crippen LogP contribution in [0, 0.1) is 0 Å². The first-order chi connectivity index (χ1) is 7.12. The fourth-order valence-corrected chi connectivity index (χ4v) is 1.86. The van der Waals surface area contributed by atoms with Crippen LogP contribution in [-0.4, -0.2) is 24.4 Å². The molecule has 0 atom stereocenters. The van der Waals surface area contributed by atoms with Crippen molar-refractivity contribution >= 4 is 22.0 Å². The second kappa shape index (κ2) is 3.83. The Kier molecular flexibility index (Phi) is 2.67. The molecule has 5 heteroatoms. The van der Waals surface area contributed by atoms with Crippen molar-refractivity contribution in [1.82, 2.24) is 5.32 Å². The molecular formula is C10H10BrNO3. The predicted molar refractivity (Wildman–Crippen MR) is 57.8 cm³/mol. The molecule has 1 fully saturated rings. The van der Waals surface area contributed by atoms with Gasteiger partial charge in [-0.2, -0.15) is 0 Å². The van der Waals surface area contributed by atoms with E-state index in [1.54, 1.807) is 0 Å². The predicted octanol–water partition coefficient (Wildman–Crippen LogP) is 1.94. The number of carboxylic acid groups (broad SMARTS) is 1. The van der Waals surface area contributed by atoms with Gasteiger partial charge in [0.25, 0.3) is 0 Å². The van der Waals surface area contributed by atoms with Crippen molar-refractivity contribution in [2.75, 3.05) is 13.2 Å². The molecule has 0 saturated carbocycles. The van der Waals surface area contributed by atoms with Gasteiger partial charge in [-0.05, 0) is 17.7 Å². The number of carbonyl (C=O) groups is 1. The summed E-state index contributed by atoms with van der Waals surface area (Å²) in [5.74, 6) is 0. The highest BCUT2D eigenvalue weighted by Crippen LogP contribution is 2.30. The van der Waals surface area contributed by atoms with Crippen LogP contribution in [-0.2, 0) is 10.3 Å². The maximum Gasteiger partial charge on any atom is 0.405 e. The Hall–Kier alpha value is -1.07. The number of halogens is 1. The molecule has 1 aromatic rings. The van der Waals surface area contributed by atoms with Crippen LogP contribution in [0.2, 0.25) is 0 Å². The topological polar surface area (TPSA) is 58.6 Å². The van der Waals surface area contributed by atoms with Crippen LogP contribution in [0.15, 0.2) is 28.7 Å². The quantitative estimate of drug-likeness (QED) is 0.865. The molecule has 80 valence electrons. The highest BCUT2D eigenvalue weighted by molar-refractivity contribution is 9.10. The van der Waals surface area contributed by atoms with Crippen LogP contribution < -0.4 is 5.32 Å². The second-order valence-electron chi connectivity index (χ2n) is 3.51. The summed E-state index contributed by atoms with van der Waals surface area (Å²) in [6.07, 6.45) is -1.03. The number of amides is 1. The van der Waals surface area contributed by atoms with E-state index < -0.39 is 11.6 Å². The van der Waals surface area contributed by atoms with Crippen molar-refractivity contribution < 1.29 is 14.6 Å². The lowest BCUT2D eigenvalue weighted by Gasteiger charge is -2.41. The minimum atomic E-state index is -1.03. The average Bonchev–Trinajstić information content (AvgIpc) is 2.13. The van der Waals surface area contributed by atoms with Crippen LogP contribution in [0.5, 0.6) is 0 Å². The molecule has 2 N–H and O–H groups in total. The van der Waals surface area contributed by atoms with Crippen molar-refractivity contribution in [3.05, 3.63) is 34.3 Å². The summed E-state index contributed by atoms with van der Waals surface area (Å²) in [5.41, 5.74) is 0.367. The molecule has 0 aliphatic carbocycles. The van der Waals surface area contributed by atoms with E-state index in [-0.39, 0.29) is 0 Å². The van der Waals surface area contributed by atoms with E-state index in [0.29, 0.717) is 13.2 Å². The highest BCUT2D eigenvalue weighted by atomic mass is 79.9. The molecular weight excluding hydrogens is 262 g/mol. The van der Waals surface area contributed by atoms with E-state index in [1.807, 2.05) is 24.3 Å². The summed E-state index contributed by atoms with van der Waals surface area (Å²) < 4.78 is 6.06. The summed E-state index contributed by atoms with van der Waals surface area (Å²) >= 11 is 3.33. The summed E-state index contributed by atoms with van der Waals surface area (Å²) in [5, 5.41) is 11.3. The van der Waals surface area contributed by atoms with Gasteiger partial charge in [0, 0.05) is 4.47 Å². The van der Waals surface area contributed by atoms with E-state index in [1.165, 1.54) is 0 Å². The molecule has 2 rings (SSSR count). The zero-order chi connectivity index (χ0) is 10.9. The van der Waals surface area contributed by atoms with Crippen LogP contribution in [0.25, 0.3) is 0 Å². The van der Waals surface area contributed by atoms with E-state index in [0.717, 1.165) is 10.0 Å². The Morgan fingerprint density at radius 1 is 1.40 bits per heavy atom. The number of nitrogens with one attached hydrogen (secondary N) is 1.